The molecule has 0 unspecified atom stereocenters. The second-order valence-electron chi connectivity index (χ2n) is 4.32. The van der Waals surface area contributed by atoms with E-state index < -0.39 is 17.6 Å². The van der Waals surface area contributed by atoms with Gasteiger partial charge in [-0.05, 0) is 24.6 Å². The number of nitrogens with one attached hydrogen (secondary N) is 1. The molecular formula is C14H10ClF3N2O. The first-order valence-electron chi connectivity index (χ1n) is 5.89. The normalized spacial score (nSPS) is 11.3. The van der Waals surface area contributed by atoms with Crippen molar-refractivity contribution in [2.75, 3.05) is 5.32 Å². The number of anilines is 1. The zero-order chi connectivity index (χ0) is 15.6. The van der Waals surface area contributed by atoms with Crippen molar-refractivity contribution in [3.8, 4) is 0 Å². The second kappa shape index (κ2) is 5.73. The lowest BCUT2D eigenvalue weighted by Gasteiger charge is -2.11. The van der Waals surface area contributed by atoms with Crippen molar-refractivity contribution in [1.29, 1.82) is 0 Å². The van der Waals surface area contributed by atoms with Crippen molar-refractivity contribution in [2.45, 2.75) is 13.1 Å². The molecule has 1 aromatic carbocycles. The summed E-state index contributed by atoms with van der Waals surface area (Å²) in [6.45, 7) is 1.75. The van der Waals surface area contributed by atoms with Crippen molar-refractivity contribution in [1.82, 2.24) is 4.98 Å². The first-order valence-corrected chi connectivity index (χ1v) is 6.26. The predicted octanol–water partition coefficient (Wildman–Crippen LogP) is 4.31. The number of aryl methyl sites for hydroxylation is 1. The summed E-state index contributed by atoms with van der Waals surface area (Å²) < 4.78 is 37.5. The van der Waals surface area contributed by atoms with Gasteiger partial charge in [-0.15, -0.1) is 0 Å². The number of rotatable bonds is 2. The largest absolute Gasteiger partial charge is 0.417 e. The Morgan fingerprint density at radius 2 is 1.95 bits per heavy atom. The van der Waals surface area contributed by atoms with Gasteiger partial charge in [0.05, 0.1) is 10.6 Å². The highest BCUT2D eigenvalue weighted by atomic mass is 35.5. The Morgan fingerprint density at radius 3 is 2.52 bits per heavy atom. The fourth-order valence-corrected chi connectivity index (χ4v) is 1.90. The molecule has 0 aliphatic heterocycles. The number of pyridine rings is 1. The maximum absolute atomic E-state index is 12.5. The molecule has 1 heterocycles. The summed E-state index contributed by atoms with van der Waals surface area (Å²) in [6.07, 6.45) is -3.91. The Hall–Kier alpha value is -2.08. The zero-order valence-corrected chi connectivity index (χ0v) is 11.6. The van der Waals surface area contributed by atoms with E-state index >= 15 is 0 Å². The van der Waals surface area contributed by atoms with Crippen molar-refractivity contribution in [3.63, 3.8) is 0 Å². The Kier molecular flexibility index (Phi) is 4.18. The van der Waals surface area contributed by atoms with Crippen LogP contribution in [0, 0.1) is 6.92 Å². The predicted molar refractivity (Wildman–Crippen MR) is 73.4 cm³/mol. The van der Waals surface area contributed by atoms with Crippen LogP contribution in [0.15, 0.2) is 36.5 Å². The number of benzene rings is 1. The van der Waals surface area contributed by atoms with Crippen LogP contribution < -0.4 is 5.32 Å². The van der Waals surface area contributed by atoms with E-state index in [0.717, 1.165) is 11.6 Å². The summed E-state index contributed by atoms with van der Waals surface area (Å²) in [5.74, 6) is -0.597. The standard InChI is InChI=1S/C14H10ClF3N2O/c1-8-4-2-3-5-10(8)13(21)20-12-11(15)6-9(7-19-12)14(16,17)18/h2-7H,1H3,(H,19,20,21). The third kappa shape index (κ3) is 3.52. The van der Waals surface area contributed by atoms with Gasteiger partial charge < -0.3 is 5.32 Å². The molecule has 2 rings (SSSR count). The number of carbonyl (C=O) groups excluding carboxylic acids is 1. The lowest BCUT2D eigenvalue weighted by Crippen LogP contribution is -2.15. The summed E-state index contributed by atoms with van der Waals surface area (Å²) in [5, 5.41) is 2.13. The summed E-state index contributed by atoms with van der Waals surface area (Å²) in [6, 6.07) is 7.53. The minimum Gasteiger partial charge on any atom is -0.305 e. The number of amides is 1. The number of hydrogen-bond donors (Lipinski definition) is 1. The van der Waals surface area contributed by atoms with Gasteiger partial charge in [0.1, 0.15) is 0 Å². The SMILES string of the molecule is Cc1ccccc1C(=O)Nc1ncc(C(F)(F)F)cc1Cl. The minimum absolute atomic E-state index is 0.113. The second-order valence-corrected chi connectivity index (χ2v) is 4.73. The zero-order valence-electron chi connectivity index (χ0n) is 10.8. The van der Waals surface area contributed by atoms with Crippen molar-refractivity contribution < 1.29 is 18.0 Å². The molecule has 1 amide bonds. The Labute approximate surface area is 123 Å². The maximum atomic E-state index is 12.5. The Bertz CT molecular complexity index is 686. The lowest BCUT2D eigenvalue weighted by atomic mass is 10.1. The van der Waals surface area contributed by atoms with E-state index in [4.69, 9.17) is 11.6 Å². The van der Waals surface area contributed by atoms with Crippen LogP contribution in [0.1, 0.15) is 21.5 Å². The molecule has 0 radical (unpaired) electrons. The fourth-order valence-electron chi connectivity index (χ4n) is 1.69. The van der Waals surface area contributed by atoms with Crippen LogP contribution in [0.4, 0.5) is 19.0 Å². The fraction of sp³-hybridized carbons (Fsp3) is 0.143. The molecule has 0 fully saturated rings. The van der Waals surface area contributed by atoms with E-state index in [0.29, 0.717) is 11.8 Å². The van der Waals surface area contributed by atoms with Crippen LogP contribution in [0.2, 0.25) is 5.02 Å². The molecule has 7 heteroatoms. The van der Waals surface area contributed by atoms with Crippen LogP contribution in [0.25, 0.3) is 0 Å². The van der Waals surface area contributed by atoms with Gasteiger partial charge in [-0.2, -0.15) is 13.2 Å². The smallest absolute Gasteiger partial charge is 0.305 e. The van der Waals surface area contributed by atoms with E-state index in [2.05, 4.69) is 10.3 Å². The van der Waals surface area contributed by atoms with E-state index in [1.807, 2.05) is 0 Å². The monoisotopic (exact) mass is 314 g/mol. The number of aromatic nitrogens is 1. The van der Waals surface area contributed by atoms with Crippen LogP contribution in [-0.2, 0) is 6.18 Å². The highest BCUT2D eigenvalue weighted by Gasteiger charge is 2.31. The molecule has 0 aliphatic rings. The van der Waals surface area contributed by atoms with E-state index in [9.17, 15) is 18.0 Å². The summed E-state index contributed by atoms with van der Waals surface area (Å²) >= 11 is 5.73. The van der Waals surface area contributed by atoms with Crippen LogP contribution in [-0.4, -0.2) is 10.9 Å². The van der Waals surface area contributed by atoms with Gasteiger partial charge in [-0.1, -0.05) is 29.8 Å². The Balaban J connectivity index is 2.25. The van der Waals surface area contributed by atoms with Crippen LogP contribution in [0.3, 0.4) is 0 Å². The van der Waals surface area contributed by atoms with Gasteiger partial charge in [-0.3, -0.25) is 4.79 Å². The number of nitrogens with zero attached hydrogens (tertiary/aromatic N) is 1. The molecule has 0 saturated carbocycles. The molecular weight excluding hydrogens is 305 g/mol. The van der Waals surface area contributed by atoms with Crippen molar-refractivity contribution in [2.24, 2.45) is 0 Å². The van der Waals surface area contributed by atoms with E-state index in [1.54, 1.807) is 31.2 Å². The molecule has 0 saturated heterocycles. The molecule has 21 heavy (non-hydrogen) atoms. The molecule has 0 spiro atoms. The van der Waals surface area contributed by atoms with Gasteiger partial charge in [-0.25, -0.2) is 4.98 Å². The summed E-state index contributed by atoms with van der Waals surface area (Å²) in [7, 11) is 0. The quantitative estimate of drug-likeness (QED) is 0.897. The van der Waals surface area contributed by atoms with Crippen molar-refractivity contribution in [3.05, 3.63) is 58.2 Å². The molecule has 2 aromatic rings. The lowest BCUT2D eigenvalue weighted by molar-refractivity contribution is -0.137. The molecule has 1 N–H and O–H groups in total. The first-order chi connectivity index (χ1) is 9.79. The molecule has 0 atom stereocenters. The molecule has 3 nitrogen and oxygen atoms in total. The van der Waals surface area contributed by atoms with Gasteiger partial charge in [0.2, 0.25) is 0 Å². The minimum atomic E-state index is -4.53. The molecule has 110 valence electrons. The van der Waals surface area contributed by atoms with Crippen LogP contribution in [0.5, 0.6) is 0 Å². The number of alkyl halides is 3. The highest BCUT2D eigenvalue weighted by Crippen LogP contribution is 2.32. The topological polar surface area (TPSA) is 42.0 Å². The van der Waals surface area contributed by atoms with E-state index in [-0.39, 0.29) is 10.8 Å². The van der Waals surface area contributed by atoms with Gasteiger partial charge in [0, 0.05) is 11.8 Å². The number of halogens is 4. The first kappa shape index (κ1) is 15.3. The number of carbonyl (C=O) groups is 1. The van der Waals surface area contributed by atoms with Gasteiger partial charge in [0.25, 0.3) is 5.91 Å². The van der Waals surface area contributed by atoms with Crippen molar-refractivity contribution >= 4 is 23.3 Å². The third-order valence-corrected chi connectivity index (χ3v) is 3.08. The average Bonchev–Trinajstić information content (AvgIpc) is 2.40. The molecule has 0 bridgehead atoms. The summed E-state index contributed by atoms with van der Waals surface area (Å²) in [5.41, 5.74) is 0.162. The summed E-state index contributed by atoms with van der Waals surface area (Å²) in [4.78, 5) is 15.6. The maximum Gasteiger partial charge on any atom is 0.417 e. The van der Waals surface area contributed by atoms with Gasteiger partial charge >= 0.3 is 6.18 Å². The van der Waals surface area contributed by atoms with E-state index in [1.165, 1.54) is 0 Å². The van der Waals surface area contributed by atoms with Crippen LogP contribution >= 0.6 is 11.6 Å². The Morgan fingerprint density at radius 1 is 1.29 bits per heavy atom. The average molecular weight is 315 g/mol. The number of hydrogen-bond acceptors (Lipinski definition) is 2. The highest BCUT2D eigenvalue weighted by molar-refractivity contribution is 6.33. The van der Waals surface area contributed by atoms with Gasteiger partial charge in [0.15, 0.2) is 5.82 Å². The third-order valence-electron chi connectivity index (χ3n) is 2.79. The molecule has 1 aromatic heterocycles. The molecule has 0 aliphatic carbocycles.